The molecule has 0 aliphatic rings. The van der Waals surface area contributed by atoms with Gasteiger partial charge in [-0.1, -0.05) is 6.92 Å². The maximum atomic E-state index is 13.3. The highest BCUT2D eigenvalue weighted by atomic mass is 19.1. The molecular formula is C15H18FN3. The molecule has 4 heteroatoms. The van der Waals surface area contributed by atoms with E-state index in [2.05, 4.69) is 16.8 Å². The lowest BCUT2D eigenvalue weighted by atomic mass is 10.1. The van der Waals surface area contributed by atoms with Crippen molar-refractivity contribution in [1.82, 2.24) is 9.88 Å². The van der Waals surface area contributed by atoms with Crippen molar-refractivity contribution in [3.63, 3.8) is 0 Å². The van der Waals surface area contributed by atoms with Gasteiger partial charge in [-0.3, -0.25) is 9.88 Å². The number of hydrogen-bond acceptors (Lipinski definition) is 3. The Morgan fingerprint density at radius 1 is 1.11 bits per heavy atom. The number of nitrogens with zero attached hydrogens (tertiary/aromatic N) is 2. The Hall–Kier alpha value is -1.94. The SMILES string of the molecule is CCN(Cc1ccncc1)Cc1cc(N)cc(F)c1. The van der Waals surface area contributed by atoms with Crippen molar-refractivity contribution in [2.24, 2.45) is 0 Å². The Kier molecular flexibility index (Phi) is 4.47. The first-order valence-corrected chi connectivity index (χ1v) is 6.33. The summed E-state index contributed by atoms with van der Waals surface area (Å²) in [5.74, 6) is -0.282. The second kappa shape index (κ2) is 6.29. The zero-order valence-electron chi connectivity index (χ0n) is 11.0. The fourth-order valence-electron chi connectivity index (χ4n) is 2.05. The molecule has 3 nitrogen and oxygen atoms in total. The summed E-state index contributed by atoms with van der Waals surface area (Å²) in [5.41, 5.74) is 8.22. The number of benzene rings is 1. The summed E-state index contributed by atoms with van der Waals surface area (Å²) in [5, 5.41) is 0. The molecule has 0 radical (unpaired) electrons. The first kappa shape index (κ1) is 13.5. The molecule has 0 aliphatic heterocycles. The molecule has 0 unspecified atom stereocenters. The third kappa shape index (κ3) is 4.03. The van der Waals surface area contributed by atoms with E-state index in [0.29, 0.717) is 12.2 Å². The number of anilines is 1. The molecule has 100 valence electrons. The van der Waals surface area contributed by atoms with Crippen molar-refractivity contribution >= 4 is 5.69 Å². The van der Waals surface area contributed by atoms with Crippen molar-refractivity contribution in [3.05, 3.63) is 59.7 Å². The number of nitrogen functional groups attached to an aromatic ring is 1. The molecule has 2 N–H and O–H groups in total. The molecule has 1 aromatic heterocycles. The van der Waals surface area contributed by atoms with Gasteiger partial charge in [0, 0.05) is 31.2 Å². The molecule has 2 rings (SSSR count). The van der Waals surface area contributed by atoms with Gasteiger partial charge in [0.25, 0.3) is 0 Å². The fourth-order valence-corrected chi connectivity index (χ4v) is 2.05. The molecule has 0 fully saturated rings. The van der Waals surface area contributed by atoms with Crippen LogP contribution >= 0.6 is 0 Å². The lowest BCUT2D eigenvalue weighted by Crippen LogP contribution is -2.22. The molecule has 0 bridgehead atoms. The summed E-state index contributed by atoms with van der Waals surface area (Å²) >= 11 is 0. The maximum Gasteiger partial charge on any atom is 0.125 e. The van der Waals surface area contributed by atoms with Gasteiger partial charge in [0.05, 0.1) is 0 Å². The van der Waals surface area contributed by atoms with Gasteiger partial charge in [0.15, 0.2) is 0 Å². The van der Waals surface area contributed by atoms with E-state index in [4.69, 9.17) is 5.73 Å². The minimum absolute atomic E-state index is 0.282. The van der Waals surface area contributed by atoms with Crippen molar-refractivity contribution in [3.8, 4) is 0 Å². The van der Waals surface area contributed by atoms with Gasteiger partial charge in [-0.15, -0.1) is 0 Å². The third-order valence-corrected chi connectivity index (χ3v) is 2.99. The molecule has 0 saturated heterocycles. The average molecular weight is 259 g/mol. The molecule has 0 spiro atoms. The molecule has 19 heavy (non-hydrogen) atoms. The van der Waals surface area contributed by atoms with Crippen LogP contribution in [0.4, 0.5) is 10.1 Å². The van der Waals surface area contributed by atoms with Crippen LogP contribution in [0.15, 0.2) is 42.7 Å². The highest BCUT2D eigenvalue weighted by Gasteiger charge is 2.06. The summed E-state index contributed by atoms with van der Waals surface area (Å²) in [6.45, 7) is 4.47. The lowest BCUT2D eigenvalue weighted by molar-refractivity contribution is 0.271. The highest BCUT2D eigenvalue weighted by molar-refractivity contribution is 5.41. The predicted octanol–water partition coefficient (Wildman–Crippen LogP) is 2.83. The number of pyridine rings is 1. The smallest absolute Gasteiger partial charge is 0.125 e. The first-order valence-electron chi connectivity index (χ1n) is 6.33. The standard InChI is InChI=1S/C15H18FN3/c1-2-19(10-12-3-5-18-6-4-12)11-13-7-14(16)9-15(17)8-13/h3-9H,2,10-11,17H2,1H3. The Labute approximate surface area is 112 Å². The predicted molar refractivity (Wildman–Crippen MR) is 74.8 cm³/mol. The zero-order chi connectivity index (χ0) is 13.7. The lowest BCUT2D eigenvalue weighted by Gasteiger charge is -2.20. The van der Waals surface area contributed by atoms with Gasteiger partial charge >= 0.3 is 0 Å². The van der Waals surface area contributed by atoms with Gasteiger partial charge in [0.2, 0.25) is 0 Å². The minimum Gasteiger partial charge on any atom is -0.399 e. The monoisotopic (exact) mass is 259 g/mol. The van der Waals surface area contributed by atoms with Crippen LogP contribution in [0.5, 0.6) is 0 Å². The summed E-state index contributed by atoms with van der Waals surface area (Å²) in [6.07, 6.45) is 3.56. The summed E-state index contributed by atoms with van der Waals surface area (Å²) in [4.78, 5) is 6.23. The number of nitrogens with two attached hydrogens (primary N) is 1. The molecule has 0 saturated carbocycles. The third-order valence-electron chi connectivity index (χ3n) is 2.99. The normalized spacial score (nSPS) is 10.9. The second-order valence-electron chi connectivity index (χ2n) is 4.55. The number of hydrogen-bond donors (Lipinski definition) is 1. The van der Waals surface area contributed by atoms with Crippen LogP contribution in [0.25, 0.3) is 0 Å². The average Bonchev–Trinajstić information content (AvgIpc) is 2.38. The van der Waals surface area contributed by atoms with Gasteiger partial charge < -0.3 is 5.73 Å². The Morgan fingerprint density at radius 2 is 1.79 bits per heavy atom. The van der Waals surface area contributed by atoms with Crippen molar-refractivity contribution in [1.29, 1.82) is 0 Å². The van der Waals surface area contributed by atoms with E-state index >= 15 is 0 Å². The van der Waals surface area contributed by atoms with E-state index < -0.39 is 0 Å². The van der Waals surface area contributed by atoms with Crippen LogP contribution in [-0.4, -0.2) is 16.4 Å². The number of aromatic nitrogens is 1. The zero-order valence-corrected chi connectivity index (χ0v) is 11.0. The van der Waals surface area contributed by atoms with Crippen LogP contribution in [0.2, 0.25) is 0 Å². The van der Waals surface area contributed by atoms with Crippen LogP contribution in [0.1, 0.15) is 18.1 Å². The second-order valence-corrected chi connectivity index (χ2v) is 4.55. The largest absolute Gasteiger partial charge is 0.399 e. The molecule has 0 aliphatic carbocycles. The van der Waals surface area contributed by atoms with E-state index in [-0.39, 0.29) is 5.82 Å². The van der Waals surface area contributed by atoms with Crippen LogP contribution in [0.3, 0.4) is 0 Å². The van der Waals surface area contributed by atoms with Crippen LogP contribution < -0.4 is 5.73 Å². The maximum absolute atomic E-state index is 13.3. The van der Waals surface area contributed by atoms with E-state index in [0.717, 1.165) is 18.7 Å². The van der Waals surface area contributed by atoms with Crippen molar-refractivity contribution in [2.75, 3.05) is 12.3 Å². The Bertz CT molecular complexity index is 508. The van der Waals surface area contributed by atoms with E-state index in [9.17, 15) is 4.39 Å². The molecule has 1 aromatic carbocycles. The summed E-state index contributed by atoms with van der Waals surface area (Å²) in [7, 11) is 0. The van der Waals surface area contributed by atoms with Gasteiger partial charge in [0.1, 0.15) is 5.82 Å². The van der Waals surface area contributed by atoms with Crippen LogP contribution in [-0.2, 0) is 13.1 Å². The van der Waals surface area contributed by atoms with Gasteiger partial charge in [-0.25, -0.2) is 4.39 Å². The van der Waals surface area contributed by atoms with E-state index in [1.807, 2.05) is 18.2 Å². The fraction of sp³-hybridized carbons (Fsp3) is 0.267. The van der Waals surface area contributed by atoms with Crippen LogP contribution in [0, 0.1) is 5.82 Å². The molecule has 0 amide bonds. The molecule has 0 atom stereocenters. The quantitative estimate of drug-likeness (QED) is 0.840. The Morgan fingerprint density at radius 3 is 2.42 bits per heavy atom. The van der Waals surface area contributed by atoms with E-state index in [1.165, 1.54) is 17.7 Å². The summed E-state index contributed by atoms with van der Waals surface area (Å²) < 4.78 is 13.3. The van der Waals surface area contributed by atoms with Crippen molar-refractivity contribution in [2.45, 2.75) is 20.0 Å². The molecule has 1 heterocycles. The molecule has 2 aromatic rings. The molecular weight excluding hydrogens is 241 g/mol. The number of rotatable bonds is 5. The topological polar surface area (TPSA) is 42.2 Å². The van der Waals surface area contributed by atoms with Gasteiger partial charge in [-0.05, 0) is 48.0 Å². The van der Waals surface area contributed by atoms with E-state index in [1.54, 1.807) is 12.4 Å². The highest BCUT2D eigenvalue weighted by Crippen LogP contribution is 2.14. The minimum atomic E-state index is -0.282. The van der Waals surface area contributed by atoms with Gasteiger partial charge in [-0.2, -0.15) is 0 Å². The summed E-state index contributed by atoms with van der Waals surface area (Å²) in [6, 6.07) is 8.66. The number of halogens is 1. The first-order chi connectivity index (χ1) is 9.17. The van der Waals surface area contributed by atoms with Crippen molar-refractivity contribution < 1.29 is 4.39 Å². The Balaban J connectivity index is 2.06.